The van der Waals surface area contributed by atoms with E-state index in [4.69, 9.17) is 5.84 Å². The lowest BCUT2D eigenvalue weighted by molar-refractivity contribution is -0.144. The van der Waals surface area contributed by atoms with Crippen molar-refractivity contribution in [3.05, 3.63) is 35.9 Å². The largest absolute Gasteiger partial charge is 0.345 e. The molecular formula is C11H11N3O3. The number of nitrogens with zero attached hydrogens (tertiary/aromatic N) is 1. The number of carbonyl (C=O) groups excluding carboxylic acids is 3. The number of benzene rings is 1. The summed E-state index contributed by atoms with van der Waals surface area (Å²) in [6, 6.07) is 7.55. The fourth-order valence-corrected chi connectivity index (χ4v) is 1.74. The Hall–Kier alpha value is -2.21. The van der Waals surface area contributed by atoms with Crippen LogP contribution >= 0.6 is 0 Å². The molecule has 1 aliphatic heterocycles. The van der Waals surface area contributed by atoms with E-state index in [1.165, 1.54) is 6.92 Å². The van der Waals surface area contributed by atoms with Crippen molar-refractivity contribution in [3.8, 4) is 0 Å². The minimum absolute atomic E-state index is 0.425. The van der Waals surface area contributed by atoms with Crippen LogP contribution in [0.5, 0.6) is 0 Å². The van der Waals surface area contributed by atoms with Gasteiger partial charge in [0.25, 0.3) is 5.91 Å². The highest BCUT2D eigenvalue weighted by molar-refractivity contribution is 6.22. The zero-order valence-electron chi connectivity index (χ0n) is 9.14. The molecule has 1 heterocycles. The van der Waals surface area contributed by atoms with Crippen molar-refractivity contribution >= 4 is 17.8 Å². The summed E-state index contributed by atoms with van der Waals surface area (Å²) >= 11 is 0. The monoisotopic (exact) mass is 233 g/mol. The van der Waals surface area contributed by atoms with Gasteiger partial charge in [-0.15, -0.1) is 0 Å². The van der Waals surface area contributed by atoms with Gasteiger partial charge in [0.05, 0.1) is 0 Å². The van der Waals surface area contributed by atoms with Gasteiger partial charge in [0.2, 0.25) is 5.91 Å². The normalized spacial score (nSPS) is 24.8. The zero-order chi connectivity index (χ0) is 12.6. The fraction of sp³-hybridized carbons (Fsp3) is 0.182. The Morgan fingerprint density at radius 2 is 1.76 bits per heavy atom. The third kappa shape index (κ3) is 1.50. The first kappa shape index (κ1) is 11.3. The number of hydrogen-bond donors (Lipinski definition) is 2. The number of carbonyl (C=O) groups is 3. The van der Waals surface area contributed by atoms with Crippen LogP contribution in [0, 0.1) is 0 Å². The molecule has 1 aliphatic rings. The molecule has 1 saturated heterocycles. The van der Waals surface area contributed by atoms with Crippen LogP contribution in [-0.2, 0) is 15.0 Å². The average molecular weight is 233 g/mol. The zero-order valence-corrected chi connectivity index (χ0v) is 9.14. The smallest absolute Gasteiger partial charge is 0.275 e. The molecule has 1 aromatic carbocycles. The highest BCUT2D eigenvalue weighted by atomic mass is 16.2. The Kier molecular flexibility index (Phi) is 2.44. The molecule has 0 bridgehead atoms. The van der Waals surface area contributed by atoms with E-state index in [2.05, 4.69) is 5.32 Å². The first-order valence-electron chi connectivity index (χ1n) is 4.98. The topological polar surface area (TPSA) is 92.5 Å². The number of hydrogen-bond acceptors (Lipinski definition) is 4. The van der Waals surface area contributed by atoms with E-state index in [9.17, 15) is 14.4 Å². The summed E-state index contributed by atoms with van der Waals surface area (Å²) in [4.78, 5) is 35.0. The Labute approximate surface area is 97.4 Å². The second-order valence-corrected chi connectivity index (χ2v) is 3.93. The van der Waals surface area contributed by atoms with E-state index in [0.717, 1.165) is 0 Å². The predicted molar refractivity (Wildman–Crippen MR) is 58.4 cm³/mol. The van der Waals surface area contributed by atoms with Crippen LogP contribution in [0.2, 0.25) is 0 Å². The molecule has 0 saturated carbocycles. The molecule has 2 rings (SSSR count). The van der Waals surface area contributed by atoms with Crippen molar-refractivity contribution in [2.24, 2.45) is 5.84 Å². The molecule has 88 valence electrons. The van der Waals surface area contributed by atoms with E-state index in [1.807, 2.05) is 0 Å². The maximum atomic E-state index is 12.0. The standard InChI is InChI=1S/C11H11N3O3/c1-11(7-5-3-2-4-6-7)8(15)13-10(17)14(12)9(11)16/h2-6H,12H2,1H3,(H,13,15,17). The van der Waals surface area contributed by atoms with Gasteiger partial charge in [-0.1, -0.05) is 30.3 Å². The predicted octanol–water partition coefficient (Wildman–Crippen LogP) is -0.104. The molecule has 3 N–H and O–H groups in total. The van der Waals surface area contributed by atoms with Gasteiger partial charge in [-0.3, -0.25) is 14.9 Å². The number of hydrazine groups is 1. The number of rotatable bonds is 1. The van der Waals surface area contributed by atoms with E-state index >= 15 is 0 Å². The second kappa shape index (κ2) is 3.67. The Balaban J connectivity index is 2.52. The number of amides is 4. The molecule has 1 fully saturated rings. The van der Waals surface area contributed by atoms with E-state index in [1.54, 1.807) is 30.3 Å². The van der Waals surface area contributed by atoms with Crippen LogP contribution in [-0.4, -0.2) is 22.9 Å². The molecule has 0 radical (unpaired) electrons. The average Bonchev–Trinajstić information content (AvgIpc) is 2.35. The highest BCUT2D eigenvalue weighted by Crippen LogP contribution is 2.28. The van der Waals surface area contributed by atoms with Gasteiger partial charge in [0.15, 0.2) is 5.41 Å². The molecule has 4 amide bonds. The van der Waals surface area contributed by atoms with Gasteiger partial charge in [-0.25, -0.2) is 10.6 Å². The van der Waals surface area contributed by atoms with E-state index in [0.29, 0.717) is 10.6 Å². The minimum atomic E-state index is -1.47. The summed E-state index contributed by atoms with van der Waals surface area (Å²) in [5.74, 6) is 3.91. The first-order valence-corrected chi connectivity index (χ1v) is 4.98. The van der Waals surface area contributed by atoms with Crippen molar-refractivity contribution in [1.29, 1.82) is 0 Å². The third-order valence-electron chi connectivity index (χ3n) is 2.89. The molecule has 1 atom stereocenters. The summed E-state index contributed by atoms with van der Waals surface area (Å²) in [5.41, 5.74) is -0.977. The quantitative estimate of drug-likeness (QED) is 0.402. The molecule has 0 aromatic heterocycles. The molecule has 1 unspecified atom stereocenters. The number of barbiturate groups is 1. The lowest BCUT2D eigenvalue weighted by Gasteiger charge is -2.34. The van der Waals surface area contributed by atoms with Crippen LogP contribution in [0.3, 0.4) is 0 Å². The number of nitrogens with two attached hydrogens (primary N) is 1. The molecular weight excluding hydrogens is 222 g/mol. The molecule has 0 aliphatic carbocycles. The van der Waals surface area contributed by atoms with Crippen molar-refractivity contribution in [1.82, 2.24) is 10.3 Å². The number of nitrogens with one attached hydrogen (secondary N) is 1. The van der Waals surface area contributed by atoms with Crippen molar-refractivity contribution in [2.75, 3.05) is 0 Å². The number of imide groups is 2. The van der Waals surface area contributed by atoms with Gasteiger partial charge in [0, 0.05) is 0 Å². The van der Waals surface area contributed by atoms with Crippen molar-refractivity contribution < 1.29 is 14.4 Å². The van der Waals surface area contributed by atoms with Gasteiger partial charge in [0.1, 0.15) is 0 Å². The van der Waals surface area contributed by atoms with Crippen LogP contribution in [0.15, 0.2) is 30.3 Å². The molecule has 17 heavy (non-hydrogen) atoms. The van der Waals surface area contributed by atoms with Crippen LogP contribution in [0.25, 0.3) is 0 Å². The van der Waals surface area contributed by atoms with Crippen LogP contribution < -0.4 is 11.2 Å². The SMILES string of the molecule is CC1(c2ccccc2)C(=O)NC(=O)N(N)C1=O. The minimum Gasteiger partial charge on any atom is -0.275 e. The summed E-state index contributed by atoms with van der Waals surface area (Å²) in [6.45, 7) is 1.44. The van der Waals surface area contributed by atoms with Gasteiger partial charge in [-0.2, -0.15) is 5.01 Å². The lowest BCUT2D eigenvalue weighted by atomic mass is 9.79. The first-order chi connectivity index (χ1) is 7.98. The number of urea groups is 1. The van der Waals surface area contributed by atoms with Crippen molar-refractivity contribution in [3.63, 3.8) is 0 Å². The Bertz CT molecular complexity index is 500. The maximum absolute atomic E-state index is 12.0. The summed E-state index contributed by atoms with van der Waals surface area (Å²) in [6.07, 6.45) is 0. The van der Waals surface area contributed by atoms with E-state index < -0.39 is 23.3 Å². The fourth-order valence-electron chi connectivity index (χ4n) is 1.74. The Morgan fingerprint density at radius 3 is 2.35 bits per heavy atom. The third-order valence-corrected chi connectivity index (χ3v) is 2.89. The van der Waals surface area contributed by atoms with Crippen LogP contribution in [0.4, 0.5) is 4.79 Å². The van der Waals surface area contributed by atoms with E-state index in [-0.39, 0.29) is 0 Å². The molecule has 6 heteroatoms. The second-order valence-electron chi connectivity index (χ2n) is 3.93. The Morgan fingerprint density at radius 1 is 1.18 bits per heavy atom. The summed E-state index contributed by atoms with van der Waals surface area (Å²) in [5, 5.41) is 2.48. The van der Waals surface area contributed by atoms with Gasteiger partial charge >= 0.3 is 6.03 Å². The molecule has 1 aromatic rings. The van der Waals surface area contributed by atoms with Crippen molar-refractivity contribution in [2.45, 2.75) is 12.3 Å². The highest BCUT2D eigenvalue weighted by Gasteiger charge is 2.50. The molecule has 6 nitrogen and oxygen atoms in total. The van der Waals surface area contributed by atoms with Gasteiger partial charge in [-0.05, 0) is 12.5 Å². The van der Waals surface area contributed by atoms with Crippen LogP contribution in [0.1, 0.15) is 12.5 Å². The summed E-state index contributed by atoms with van der Waals surface area (Å²) < 4.78 is 0. The molecule has 0 spiro atoms. The summed E-state index contributed by atoms with van der Waals surface area (Å²) in [7, 11) is 0. The van der Waals surface area contributed by atoms with Gasteiger partial charge < -0.3 is 0 Å². The maximum Gasteiger partial charge on any atom is 0.345 e. The lowest BCUT2D eigenvalue weighted by Crippen LogP contribution is -2.66.